The van der Waals surface area contributed by atoms with Crippen molar-refractivity contribution in [3.63, 3.8) is 0 Å². The van der Waals surface area contributed by atoms with E-state index in [2.05, 4.69) is 46.4 Å². The van der Waals surface area contributed by atoms with Crippen molar-refractivity contribution < 1.29 is 34.2 Å². The van der Waals surface area contributed by atoms with Gasteiger partial charge in [-0.2, -0.15) is 0 Å². The second kappa shape index (κ2) is 14.8. The van der Waals surface area contributed by atoms with Gasteiger partial charge in [0.15, 0.2) is 0 Å². The molecule has 1 aliphatic rings. The van der Waals surface area contributed by atoms with Crippen molar-refractivity contribution in [3.8, 4) is 11.1 Å². The van der Waals surface area contributed by atoms with Crippen molar-refractivity contribution in [2.75, 3.05) is 0 Å². The Morgan fingerprint density at radius 3 is 2.20 bits per heavy atom. The zero-order valence-electron chi connectivity index (χ0n) is 21.9. The monoisotopic (exact) mass is 567 g/mol. The predicted molar refractivity (Wildman–Crippen MR) is 150 cm³/mol. The van der Waals surface area contributed by atoms with Gasteiger partial charge in [0, 0.05) is 30.1 Å². The smallest absolute Gasteiger partial charge is 0.303 e. The topological polar surface area (TPSA) is 176 Å². The summed E-state index contributed by atoms with van der Waals surface area (Å²) in [4.78, 5) is 60.1. The molecule has 0 radical (unpaired) electrons. The van der Waals surface area contributed by atoms with E-state index < -0.39 is 54.6 Å². The number of hydrogen-bond donors (Lipinski definition) is 5. The highest BCUT2D eigenvalue weighted by Gasteiger charge is 2.26. The highest BCUT2D eigenvalue weighted by molar-refractivity contribution is 7.10. The van der Waals surface area contributed by atoms with E-state index in [0.717, 1.165) is 12.0 Å². The van der Waals surface area contributed by atoms with Gasteiger partial charge in [-0.3, -0.25) is 24.0 Å². The number of nitrogens with one attached hydrogen (secondary N) is 2. The number of hydrogen-bond acceptors (Lipinski definition) is 6. The van der Waals surface area contributed by atoms with Gasteiger partial charge in [-0.1, -0.05) is 54.1 Å². The second-order valence-corrected chi connectivity index (χ2v) is 10.5. The summed E-state index contributed by atoms with van der Waals surface area (Å²) in [6.07, 6.45) is 6.31. The normalized spacial score (nSPS) is 15.9. The van der Waals surface area contributed by atoms with Gasteiger partial charge in [0.1, 0.15) is 12.1 Å². The number of primary amides is 1. The summed E-state index contributed by atoms with van der Waals surface area (Å²) in [6.45, 7) is 0. The fourth-order valence-corrected chi connectivity index (χ4v) is 5.29. The zero-order chi connectivity index (χ0) is 29.1. The fraction of sp³-hybridized carbons (Fsp3) is 0.345. The number of carboxylic acids is 2. The van der Waals surface area contributed by atoms with Crippen LogP contribution in [0.1, 0.15) is 55.7 Å². The molecule has 3 rings (SSSR count). The number of carbonyl (C=O) groups excluding carboxylic acids is 3. The third kappa shape index (κ3) is 9.49. The van der Waals surface area contributed by atoms with Crippen LogP contribution in [0, 0.1) is 0 Å². The molecule has 40 heavy (non-hydrogen) atoms. The molecule has 0 spiro atoms. The summed E-state index contributed by atoms with van der Waals surface area (Å²) in [6, 6.07) is 9.91. The van der Waals surface area contributed by atoms with Gasteiger partial charge < -0.3 is 26.6 Å². The van der Waals surface area contributed by atoms with Crippen molar-refractivity contribution >= 4 is 41.0 Å². The van der Waals surface area contributed by atoms with Crippen LogP contribution in [0.5, 0.6) is 0 Å². The summed E-state index contributed by atoms with van der Waals surface area (Å²) in [7, 11) is 0. The Hall–Kier alpha value is -4.25. The van der Waals surface area contributed by atoms with E-state index in [1.807, 2.05) is 24.3 Å². The summed E-state index contributed by atoms with van der Waals surface area (Å²) >= 11 is 1.71. The van der Waals surface area contributed by atoms with Crippen molar-refractivity contribution in [1.82, 2.24) is 10.6 Å². The molecule has 212 valence electrons. The summed E-state index contributed by atoms with van der Waals surface area (Å²) in [5.41, 5.74) is 8.61. The van der Waals surface area contributed by atoms with Crippen LogP contribution < -0.4 is 16.4 Å². The maximum absolute atomic E-state index is 12.7. The van der Waals surface area contributed by atoms with Gasteiger partial charge in [-0.15, -0.1) is 11.3 Å². The van der Waals surface area contributed by atoms with Crippen molar-refractivity contribution in [1.29, 1.82) is 0 Å². The Morgan fingerprint density at radius 2 is 1.60 bits per heavy atom. The summed E-state index contributed by atoms with van der Waals surface area (Å²) in [5.74, 6) is -4.24. The van der Waals surface area contributed by atoms with Crippen LogP contribution in [0.25, 0.3) is 11.1 Å². The first-order chi connectivity index (χ1) is 19.1. The van der Waals surface area contributed by atoms with E-state index in [0.29, 0.717) is 6.42 Å². The average Bonchev–Trinajstić information content (AvgIpc) is 3.43. The Labute approximate surface area is 236 Å². The Balaban J connectivity index is 1.52. The number of carbonyl (C=O) groups is 5. The largest absolute Gasteiger partial charge is 0.481 e. The van der Waals surface area contributed by atoms with Gasteiger partial charge in [0.05, 0.1) is 0 Å². The van der Waals surface area contributed by atoms with Crippen LogP contribution >= 0.6 is 11.3 Å². The molecule has 0 fully saturated rings. The van der Waals surface area contributed by atoms with Gasteiger partial charge >= 0.3 is 11.9 Å². The lowest BCUT2D eigenvalue weighted by molar-refractivity contribution is -0.139. The maximum Gasteiger partial charge on any atom is 0.303 e. The van der Waals surface area contributed by atoms with E-state index in [-0.39, 0.29) is 25.2 Å². The average molecular weight is 568 g/mol. The molecule has 2 aromatic rings. The summed E-state index contributed by atoms with van der Waals surface area (Å²) in [5, 5.41) is 24.9. The molecule has 3 amide bonds. The van der Waals surface area contributed by atoms with Crippen LogP contribution in [0.15, 0.2) is 65.6 Å². The lowest BCUT2D eigenvalue weighted by atomic mass is 9.93. The van der Waals surface area contributed by atoms with E-state index in [1.165, 1.54) is 16.0 Å². The standard InChI is InChI=1S/C29H33N3O7S/c30-28(38)22(11-14-26(34)35)32-29(39)23(12-15-27(36)37)31-25(33)13-8-18-6-9-20(10-7-18)24-16-21(17-40-24)19-4-2-1-3-5-19/h1-7,9,16-17,20,22-23H,8,10-15H2,(H2,30,38)(H,31,33)(H,32,39)(H,34,35)(H,36,37). The molecular weight excluding hydrogens is 534 g/mol. The molecule has 1 aromatic carbocycles. The first kappa shape index (κ1) is 30.3. The van der Waals surface area contributed by atoms with E-state index in [9.17, 15) is 24.0 Å². The minimum Gasteiger partial charge on any atom is -0.481 e. The SMILES string of the molecule is NC(=O)C(CCC(=O)O)NC(=O)C(CCC(=O)O)NC(=O)CCC1=CCC(c2cc(-c3ccccc3)cs2)C=C1. The van der Waals surface area contributed by atoms with E-state index >= 15 is 0 Å². The van der Waals surface area contributed by atoms with Gasteiger partial charge in [-0.05, 0) is 48.3 Å². The number of benzene rings is 1. The summed E-state index contributed by atoms with van der Waals surface area (Å²) < 4.78 is 0. The van der Waals surface area contributed by atoms with E-state index in [4.69, 9.17) is 15.9 Å². The highest BCUT2D eigenvalue weighted by Crippen LogP contribution is 2.35. The molecular formula is C29H33N3O7S. The van der Waals surface area contributed by atoms with Crippen LogP contribution in [-0.4, -0.2) is 52.0 Å². The van der Waals surface area contributed by atoms with Crippen LogP contribution in [-0.2, 0) is 24.0 Å². The third-order valence-electron chi connectivity index (χ3n) is 6.52. The van der Waals surface area contributed by atoms with Crippen LogP contribution in [0.4, 0.5) is 0 Å². The number of aliphatic carboxylic acids is 2. The second-order valence-electron chi connectivity index (χ2n) is 9.53. The molecule has 10 nitrogen and oxygen atoms in total. The molecule has 1 aromatic heterocycles. The number of rotatable bonds is 15. The van der Waals surface area contributed by atoms with Crippen LogP contribution in [0.3, 0.4) is 0 Å². The molecule has 1 heterocycles. The molecule has 6 N–H and O–H groups in total. The number of amides is 3. The molecule has 11 heteroatoms. The Morgan fingerprint density at radius 1 is 0.925 bits per heavy atom. The number of thiophene rings is 1. The fourth-order valence-electron chi connectivity index (χ4n) is 4.28. The minimum atomic E-state index is -1.26. The third-order valence-corrected chi connectivity index (χ3v) is 7.58. The number of allylic oxidation sites excluding steroid dienone is 4. The van der Waals surface area contributed by atoms with Crippen molar-refractivity contribution in [2.45, 2.75) is 62.9 Å². The molecule has 0 bridgehead atoms. The van der Waals surface area contributed by atoms with Crippen molar-refractivity contribution in [2.24, 2.45) is 5.73 Å². The molecule has 0 saturated heterocycles. The maximum atomic E-state index is 12.7. The van der Waals surface area contributed by atoms with Crippen molar-refractivity contribution in [3.05, 3.63) is 70.5 Å². The first-order valence-corrected chi connectivity index (χ1v) is 13.8. The van der Waals surface area contributed by atoms with Crippen LogP contribution in [0.2, 0.25) is 0 Å². The lowest BCUT2D eigenvalue weighted by Crippen LogP contribution is -2.53. The Kier molecular flexibility index (Phi) is 11.2. The molecule has 3 unspecified atom stereocenters. The Bertz CT molecular complexity index is 1290. The van der Waals surface area contributed by atoms with E-state index in [1.54, 1.807) is 11.3 Å². The quantitative estimate of drug-likeness (QED) is 0.219. The highest BCUT2D eigenvalue weighted by atomic mass is 32.1. The minimum absolute atomic E-state index is 0.0765. The number of carboxylic acid groups (broad SMARTS) is 2. The molecule has 3 atom stereocenters. The predicted octanol–water partition coefficient (Wildman–Crippen LogP) is 3.35. The lowest BCUT2D eigenvalue weighted by Gasteiger charge is -2.21. The zero-order valence-corrected chi connectivity index (χ0v) is 22.7. The molecule has 1 aliphatic carbocycles. The molecule has 0 aliphatic heterocycles. The van der Waals surface area contributed by atoms with Gasteiger partial charge in [0.25, 0.3) is 0 Å². The van der Waals surface area contributed by atoms with Gasteiger partial charge in [0.2, 0.25) is 17.7 Å². The molecule has 0 saturated carbocycles. The first-order valence-electron chi connectivity index (χ1n) is 13.0. The number of nitrogens with two attached hydrogens (primary N) is 1. The van der Waals surface area contributed by atoms with Gasteiger partial charge in [-0.25, -0.2) is 0 Å².